The lowest BCUT2D eigenvalue weighted by Crippen LogP contribution is -2.11. The lowest BCUT2D eigenvalue weighted by atomic mass is 10.1. The number of nitrogens with two attached hydrogens (primary N) is 1. The zero-order valence-electron chi connectivity index (χ0n) is 19.2. The Morgan fingerprint density at radius 2 is 1.59 bits per heavy atom. The lowest BCUT2D eigenvalue weighted by Gasteiger charge is -2.09. The van der Waals surface area contributed by atoms with Gasteiger partial charge in [-0.1, -0.05) is 43.3 Å². The molecule has 0 spiro atoms. The molecule has 7 nitrogen and oxygen atoms in total. The van der Waals surface area contributed by atoms with Crippen LogP contribution in [0.25, 0.3) is 0 Å². The fraction of sp³-hybridized carbons (Fsp3) is 0.360. The number of hydrogen-bond acceptors (Lipinski definition) is 7. The Bertz CT molecular complexity index is 920. The third kappa shape index (κ3) is 8.53. The van der Waals surface area contributed by atoms with Crippen molar-refractivity contribution in [3.8, 4) is 0 Å². The summed E-state index contributed by atoms with van der Waals surface area (Å²) in [5.74, 6) is -0.647. The van der Waals surface area contributed by atoms with Crippen LogP contribution >= 0.6 is 0 Å². The summed E-state index contributed by atoms with van der Waals surface area (Å²) >= 11 is 0. The number of rotatable bonds is 8. The van der Waals surface area contributed by atoms with Crippen molar-refractivity contribution in [3.05, 3.63) is 71.0 Å². The SMILES string of the molecule is CC(O)c1ccccc1N.CCCC(O)=C(C=Nc1ccccc1C(C)O)C(=O)OCC. The number of anilines is 1. The molecule has 174 valence electrons. The first-order chi connectivity index (χ1) is 15.2. The molecule has 0 amide bonds. The number of hydrogen-bond donors (Lipinski definition) is 4. The van der Waals surface area contributed by atoms with Gasteiger partial charge in [-0.25, -0.2) is 4.79 Å². The van der Waals surface area contributed by atoms with E-state index in [1.807, 2.05) is 25.1 Å². The summed E-state index contributed by atoms with van der Waals surface area (Å²) in [6, 6.07) is 14.4. The molecule has 7 heteroatoms. The number of aliphatic hydroxyl groups is 3. The molecule has 5 N–H and O–H groups in total. The molecule has 2 rings (SSSR count). The largest absolute Gasteiger partial charge is 0.511 e. The van der Waals surface area contributed by atoms with Crippen LogP contribution in [0, 0.1) is 0 Å². The molecular formula is C25H34N2O5. The van der Waals surface area contributed by atoms with Gasteiger partial charge in [0, 0.05) is 29.4 Å². The second kappa shape index (κ2) is 14.0. The maximum absolute atomic E-state index is 11.9. The predicted octanol–water partition coefficient (Wildman–Crippen LogP) is 4.94. The van der Waals surface area contributed by atoms with Crippen LogP contribution in [0.15, 0.2) is 64.9 Å². The molecule has 2 aromatic carbocycles. The minimum absolute atomic E-state index is 0.0424. The van der Waals surface area contributed by atoms with Crippen molar-refractivity contribution in [1.29, 1.82) is 0 Å². The molecule has 0 heterocycles. The van der Waals surface area contributed by atoms with Gasteiger partial charge < -0.3 is 25.8 Å². The minimum Gasteiger partial charge on any atom is -0.511 e. The smallest absolute Gasteiger partial charge is 0.343 e. The molecule has 0 saturated carbocycles. The quantitative estimate of drug-likeness (QED) is 0.151. The van der Waals surface area contributed by atoms with Crippen molar-refractivity contribution in [2.24, 2.45) is 4.99 Å². The van der Waals surface area contributed by atoms with Gasteiger partial charge >= 0.3 is 5.97 Å². The standard InChI is InChI=1S/C17H23NO4.C8H11NO/c1-4-8-16(20)14(17(21)22-5-2)11-18-15-10-7-6-9-13(15)12(3)19;1-6(10)7-4-2-3-5-8(7)9/h6-7,9-12,19-20H,4-5,8H2,1-3H3;2-6,10H,9H2,1H3. The van der Waals surface area contributed by atoms with Crippen molar-refractivity contribution < 1.29 is 24.9 Å². The van der Waals surface area contributed by atoms with Gasteiger partial charge in [-0.05, 0) is 39.3 Å². The monoisotopic (exact) mass is 442 g/mol. The second-order valence-electron chi connectivity index (χ2n) is 7.13. The van der Waals surface area contributed by atoms with Crippen LogP contribution in [0.3, 0.4) is 0 Å². The fourth-order valence-corrected chi connectivity index (χ4v) is 2.81. The number of benzene rings is 2. The molecule has 2 atom stereocenters. The third-order valence-corrected chi connectivity index (χ3v) is 4.46. The highest BCUT2D eigenvalue weighted by atomic mass is 16.5. The molecule has 0 aliphatic rings. The molecule has 0 fully saturated rings. The van der Waals surface area contributed by atoms with E-state index in [0.29, 0.717) is 29.8 Å². The number of nitrogens with zero attached hydrogens (tertiary/aromatic N) is 1. The molecular weight excluding hydrogens is 408 g/mol. The number of nitrogen functional groups attached to an aromatic ring is 1. The molecule has 0 aliphatic heterocycles. The van der Waals surface area contributed by atoms with Crippen LogP contribution in [0.5, 0.6) is 0 Å². The van der Waals surface area contributed by atoms with Crippen LogP contribution in [0.2, 0.25) is 0 Å². The number of carbonyl (C=O) groups excluding carboxylic acids is 1. The highest BCUT2D eigenvalue weighted by Crippen LogP contribution is 2.25. The number of allylic oxidation sites excluding steroid dienone is 1. The average Bonchev–Trinajstić information content (AvgIpc) is 2.75. The van der Waals surface area contributed by atoms with Crippen LogP contribution in [0.4, 0.5) is 11.4 Å². The number of esters is 1. The van der Waals surface area contributed by atoms with Crippen molar-refractivity contribution in [2.75, 3.05) is 12.3 Å². The Morgan fingerprint density at radius 1 is 1.03 bits per heavy atom. The average molecular weight is 443 g/mol. The van der Waals surface area contributed by atoms with E-state index in [1.165, 1.54) is 6.21 Å². The van der Waals surface area contributed by atoms with E-state index in [0.717, 1.165) is 5.56 Å². The summed E-state index contributed by atoms with van der Waals surface area (Å²) in [7, 11) is 0. The number of aliphatic imine (C=N–C) groups is 1. The van der Waals surface area contributed by atoms with Gasteiger partial charge in [0.15, 0.2) is 0 Å². The summed E-state index contributed by atoms with van der Waals surface area (Å²) in [6.45, 7) is 7.17. The molecule has 0 radical (unpaired) electrons. The van der Waals surface area contributed by atoms with Crippen LogP contribution in [0.1, 0.15) is 63.9 Å². The first-order valence-corrected chi connectivity index (χ1v) is 10.7. The number of carbonyl (C=O) groups is 1. The van der Waals surface area contributed by atoms with E-state index >= 15 is 0 Å². The number of aliphatic hydroxyl groups excluding tert-OH is 3. The van der Waals surface area contributed by atoms with E-state index in [2.05, 4.69) is 4.99 Å². The van der Waals surface area contributed by atoms with E-state index in [-0.39, 0.29) is 17.9 Å². The molecule has 0 bridgehead atoms. The summed E-state index contributed by atoms with van der Waals surface area (Å²) in [5.41, 5.74) is 8.25. The van der Waals surface area contributed by atoms with Crippen molar-refractivity contribution >= 4 is 23.6 Å². The third-order valence-electron chi connectivity index (χ3n) is 4.46. The predicted molar refractivity (Wildman–Crippen MR) is 128 cm³/mol. The van der Waals surface area contributed by atoms with Gasteiger partial charge in [-0.2, -0.15) is 0 Å². The minimum atomic E-state index is -0.674. The van der Waals surface area contributed by atoms with Gasteiger partial charge in [-0.3, -0.25) is 4.99 Å². The van der Waals surface area contributed by atoms with E-state index in [1.54, 1.807) is 51.1 Å². The van der Waals surface area contributed by atoms with E-state index in [4.69, 9.17) is 15.6 Å². The normalized spacial score (nSPS) is 13.6. The molecule has 2 aromatic rings. The zero-order chi connectivity index (χ0) is 24.1. The van der Waals surface area contributed by atoms with Crippen molar-refractivity contribution in [2.45, 2.75) is 52.7 Å². The first-order valence-electron chi connectivity index (χ1n) is 10.7. The van der Waals surface area contributed by atoms with Gasteiger partial charge in [0.2, 0.25) is 0 Å². The van der Waals surface area contributed by atoms with Crippen molar-refractivity contribution in [1.82, 2.24) is 0 Å². The molecule has 0 saturated heterocycles. The maximum atomic E-state index is 11.9. The van der Waals surface area contributed by atoms with Gasteiger partial charge in [0.25, 0.3) is 0 Å². The Kier molecular flexibility index (Phi) is 11.8. The lowest BCUT2D eigenvalue weighted by molar-refractivity contribution is -0.138. The van der Waals surface area contributed by atoms with Gasteiger partial charge in [-0.15, -0.1) is 0 Å². The first kappa shape index (κ1) is 26.9. The van der Waals surface area contributed by atoms with Crippen LogP contribution in [-0.4, -0.2) is 34.1 Å². The Labute approximate surface area is 189 Å². The Morgan fingerprint density at radius 3 is 2.09 bits per heavy atom. The number of para-hydroxylation sites is 2. The highest BCUT2D eigenvalue weighted by molar-refractivity contribution is 6.10. The summed E-state index contributed by atoms with van der Waals surface area (Å²) < 4.78 is 4.94. The highest BCUT2D eigenvalue weighted by Gasteiger charge is 2.15. The molecule has 0 aliphatic carbocycles. The molecule has 2 unspecified atom stereocenters. The molecule has 32 heavy (non-hydrogen) atoms. The summed E-state index contributed by atoms with van der Waals surface area (Å²) in [4.78, 5) is 16.1. The van der Waals surface area contributed by atoms with E-state index in [9.17, 15) is 15.0 Å². The topological polar surface area (TPSA) is 125 Å². The summed E-state index contributed by atoms with van der Waals surface area (Å²) in [6.07, 6.45) is 1.23. The van der Waals surface area contributed by atoms with Gasteiger partial charge in [0.05, 0.1) is 24.5 Å². The second-order valence-corrected chi connectivity index (χ2v) is 7.13. The van der Waals surface area contributed by atoms with Gasteiger partial charge in [0.1, 0.15) is 11.3 Å². The Balaban J connectivity index is 0.000000425. The molecule has 0 aromatic heterocycles. The van der Waals surface area contributed by atoms with Crippen molar-refractivity contribution in [3.63, 3.8) is 0 Å². The van der Waals surface area contributed by atoms with E-state index < -0.39 is 18.2 Å². The van der Waals surface area contributed by atoms with Crippen LogP contribution < -0.4 is 5.73 Å². The maximum Gasteiger partial charge on any atom is 0.343 e. The Hall–Kier alpha value is -3.16. The fourth-order valence-electron chi connectivity index (χ4n) is 2.81. The van der Waals surface area contributed by atoms with Crippen LogP contribution in [-0.2, 0) is 9.53 Å². The number of ether oxygens (including phenoxy) is 1. The zero-order valence-corrected chi connectivity index (χ0v) is 19.2. The summed E-state index contributed by atoms with van der Waals surface area (Å²) in [5, 5.41) is 28.9.